The number of hydrogen-bond donors (Lipinski definition) is 2. The number of piperidine rings is 1. The first-order valence-electron chi connectivity index (χ1n) is 7.90. The van der Waals surface area contributed by atoms with E-state index >= 15 is 0 Å². The lowest BCUT2D eigenvalue weighted by atomic mass is 9.96. The zero-order valence-electron chi connectivity index (χ0n) is 12.5. The highest BCUT2D eigenvalue weighted by Crippen LogP contribution is 2.21. The second kappa shape index (κ2) is 7.25. The molecule has 0 radical (unpaired) electrons. The monoisotopic (exact) mass is 267 g/mol. The summed E-state index contributed by atoms with van der Waals surface area (Å²) in [6, 6.07) is 0.960. The summed E-state index contributed by atoms with van der Waals surface area (Å²) in [7, 11) is 0. The highest BCUT2D eigenvalue weighted by atomic mass is 16.1. The van der Waals surface area contributed by atoms with E-state index < -0.39 is 0 Å². The summed E-state index contributed by atoms with van der Waals surface area (Å²) in [5.41, 5.74) is 0. The van der Waals surface area contributed by atoms with E-state index in [1.807, 2.05) is 0 Å². The summed E-state index contributed by atoms with van der Waals surface area (Å²) in [5.74, 6) is 0.984. The topological polar surface area (TPSA) is 44.4 Å². The molecule has 0 aliphatic carbocycles. The van der Waals surface area contributed by atoms with Crippen molar-refractivity contribution in [3.05, 3.63) is 0 Å². The summed E-state index contributed by atoms with van der Waals surface area (Å²) in [5, 5.41) is 6.49. The molecule has 0 aromatic rings. The van der Waals surface area contributed by atoms with E-state index in [0.717, 1.165) is 38.4 Å². The third-order valence-electron chi connectivity index (χ3n) is 4.46. The highest BCUT2D eigenvalue weighted by molar-refractivity contribution is 5.76. The number of amides is 1. The van der Waals surface area contributed by atoms with Crippen LogP contribution in [0.5, 0.6) is 0 Å². The predicted octanol–water partition coefficient (Wildman–Crippen LogP) is 1.37. The van der Waals surface area contributed by atoms with Gasteiger partial charge in [0.05, 0.1) is 0 Å². The molecule has 2 atom stereocenters. The van der Waals surface area contributed by atoms with E-state index in [0.29, 0.717) is 18.5 Å². The molecule has 0 aromatic carbocycles. The van der Waals surface area contributed by atoms with Gasteiger partial charge >= 0.3 is 0 Å². The Balaban J connectivity index is 1.95. The number of hydrogen-bond acceptors (Lipinski definition) is 3. The zero-order valence-corrected chi connectivity index (χ0v) is 12.5. The highest BCUT2D eigenvalue weighted by Gasteiger charge is 2.28. The second-order valence-corrected chi connectivity index (χ2v) is 6.35. The van der Waals surface area contributed by atoms with Crippen molar-refractivity contribution >= 4 is 5.91 Å². The largest absolute Gasteiger partial charge is 0.356 e. The minimum atomic E-state index is 0.231. The van der Waals surface area contributed by atoms with Crippen LogP contribution < -0.4 is 10.6 Å². The van der Waals surface area contributed by atoms with E-state index in [-0.39, 0.29) is 5.91 Å². The van der Waals surface area contributed by atoms with Gasteiger partial charge in [-0.2, -0.15) is 0 Å². The van der Waals surface area contributed by atoms with Crippen LogP contribution in [-0.4, -0.2) is 49.1 Å². The number of carbonyl (C=O) groups is 1. The van der Waals surface area contributed by atoms with Crippen LogP contribution in [0.25, 0.3) is 0 Å². The van der Waals surface area contributed by atoms with Gasteiger partial charge in [-0.3, -0.25) is 9.69 Å². The summed E-state index contributed by atoms with van der Waals surface area (Å²) in [4.78, 5) is 14.3. The Morgan fingerprint density at radius 3 is 2.74 bits per heavy atom. The van der Waals surface area contributed by atoms with Gasteiger partial charge in [-0.1, -0.05) is 0 Å². The van der Waals surface area contributed by atoms with Crippen LogP contribution in [-0.2, 0) is 4.79 Å². The molecule has 2 aliphatic heterocycles. The van der Waals surface area contributed by atoms with Crippen molar-refractivity contribution in [3.8, 4) is 0 Å². The smallest absolute Gasteiger partial charge is 0.221 e. The fourth-order valence-electron chi connectivity index (χ4n) is 3.40. The first kappa shape index (κ1) is 14.8. The van der Waals surface area contributed by atoms with Crippen molar-refractivity contribution in [2.45, 2.75) is 58.0 Å². The van der Waals surface area contributed by atoms with Crippen LogP contribution in [0.2, 0.25) is 0 Å². The molecular weight excluding hydrogens is 238 g/mol. The molecule has 0 saturated carbocycles. The number of nitrogens with zero attached hydrogens (tertiary/aromatic N) is 1. The Morgan fingerprint density at radius 1 is 1.26 bits per heavy atom. The van der Waals surface area contributed by atoms with Gasteiger partial charge in [0.2, 0.25) is 5.91 Å². The lowest BCUT2D eigenvalue weighted by Crippen LogP contribution is -2.47. The number of rotatable bonds is 4. The maximum absolute atomic E-state index is 11.8. The van der Waals surface area contributed by atoms with Crippen molar-refractivity contribution in [1.82, 2.24) is 15.5 Å². The Kier molecular flexibility index (Phi) is 5.64. The zero-order chi connectivity index (χ0) is 13.7. The van der Waals surface area contributed by atoms with Gasteiger partial charge in [0.25, 0.3) is 0 Å². The molecular formula is C15H29N3O. The normalized spacial score (nSPS) is 29.4. The molecule has 2 heterocycles. The Morgan fingerprint density at radius 2 is 2.05 bits per heavy atom. The molecule has 2 rings (SSSR count). The van der Waals surface area contributed by atoms with Gasteiger partial charge in [-0.05, 0) is 58.5 Å². The van der Waals surface area contributed by atoms with E-state index in [9.17, 15) is 4.79 Å². The molecule has 0 spiro atoms. The first-order chi connectivity index (χ1) is 9.16. The van der Waals surface area contributed by atoms with Crippen LogP contribution >= 0.6 is 0 Å². The first-order valence-corrected chi connectivity index (χ1v) is 7.90. The Labute approximate surface area is 117 Å². The molecule has 2 saturated heterocycles. The van der Waals surface area contributed by atoms with E-state index in [4.69, 9.17) is 0 Å². The average molecular weight is 267 g/mol. The quantitative estimate of drug-likeness (QED) is 0.808. The van der Waals surface area contributed by atoms with Gasteiger partial charge in [0.15, 0.2) is 0 Å². The van der Waals surface area contributed by atoms with Crippen LogP contribution in [0, 0.1) is 5.92 Å². The Hall–Kier alpha value is -0.610. The SMILES string of the molecule is CC(C)N(CC1CCCNC1)C1CCCNC(=O)C1. The fourth-order valence-corrected chi connectivity index (χ4v) is 3.40. The van der Waals surface area contributed by atoms with Crippen molar-refractivity contribution in [3.63, 3.8) is 0 Å². The number of nitrogens with one attached hydrogen (secondary N) is 2. The third kappa shape index (κ3) is 4.46. The molecule has 2 N–H and O–H groups in total. The van der Waals surface area contributed by atoms with Gasteiger partial charge in [-0.25, -0.2) is 0 Å². The van der Waals surface area contributed by atoms with E-state index in [2.05, 4.69) is 29.4 Å². The molecule has 2 aliphatic rings. The molecule has 4 nitrogen and oxygen atoms in total. The maximum atomic E-state index is 11.8. The summed E-state index contributed by atoms with van der Waals surface area (Å²) >= 11 is 0. The summed E-state index contributed by atoms with van der Waals surface area (Å²) < 4.78 is 0. The molecule has 0 bridgehead atoms. The number of carbonyl (C=O) groups excluding carboxylic acids is 1. The van der Waals surface area contributed by atoms with Gasteiger partial charge in [0, 0.05) is 31.6 Å². The fraction of sp³-hybridized carbons (Fsp3) is 0.933. The average Bonchev–Trinajstić information content (AvgIpc) is 2.61. The molecule has 19 heavy (non-hydrogen) atoms. The second-order valence-electron chi connectivity index (χ2n) is 6.35. The van der Waals surface area contributed by atoms with Crippen molar-refractivity contribution in [1.29, 1.82) is 0 Å². The third-order valence-corrected chi connectivity index (χ3v) is 4.46. The van der Waals surface area contributed by atoms with Gasteiger partial charge in [0.1, 0.15) is 0 Å². The molecule has 1 amide bonds. The predicted molar refractivity (Wildman–Crippen MR) is 78.1 cm³/mol. The molecule has 110 valence electrons. The van der Waals surface area contributed by atoms with E-state index in [1.54, 1.807) is 0 Å². The van der Waals surface area contributed by atoms with Crippen molar-refractivity contribution < 1.29 is 4.79 Å². The minimum absolute atomic E-state index is 0.231. The van der Waals surface area contributed by atoms with Crippen LogP contribution in [0.4, 0.5) is 0 Å². The van der Waals surface area contributed by atoms with Crippen LogP contribution in [0.3, 0.4) is 0 Å². The summed E-state index contributed by atoms with van der Waals surface area (Å²) in [6.07, 6.45) is 5.56. The summed E-state index contributed by atoms with van der Waals surface area (Å²) in [6.45, 7) is 8.83. The van der Waals surface area contributed by atoms with Crippen molar-refractivity contribution in [2.75, 3.05) is 26.2 Å². The van der Waals surface area contributed by atoms with Gasteiger partial charge < -0.3 is 10.6 Å². The minimum Gasteiger partial charge on any atom is -0.356 e. The van der Waals surface area contributed by atoms with Crippen LogP contribution in [0.15, 0.2) is 0 Å². The lowest BCUT2D eigenvalue weighted by molar-refractivity contribution is -0.122. The van der Waals surface area contributed by atoms with Crippen LogP contribution in [0.1, 0.15) is 46.0 Å². The molecule has 2 unspecified atom stereocenters. The standard InChI is InChI=1S/C15H29N3O/c1-12(2)18(11-13-5-3-7-16-10-13)14-6-4-8-17-15(19)9-14/h12-14,16H,3-11H2,1-2H3,(H,17,19). The van der Waals surface area contributed by atoms with Gasteiger partial charge in [-0.15, -0.1) is 0 Å². The Bertz CT molecular complexity index is 287. The maximum Gasteiger partial charge on any atom is 0.221 e. The molecule has 2 fully saturated rings. The molecule has 4 heteroatoms. The lowest BCUT2D eigenvalue weighted by Gasteiger charge is -2.38. The molecule has 0 aromatic heterocycles. The van der Waals surface area contributed by atoms with E-state index in [1.165, 1.54) is 19.4 Å². The van der Waals surface area contributed by atoms with Crippen molar-refractivity contribution in [2.24, 2.45) is 5.92 Å².